The van der Waals surface area contributed by atoms with Gasteiger partial charge in [0.15, 0.2) is 5.62 Å². The quantitative estimate of drug-likeness (QED) is 0.378. The smallest absolute Gasteiger partial charge is 0.176 e. The lowest BCUT2D eigenvalue weighted by atomic mass is 9.94. The van der Waals surface area contributed by atoms with Crippen molar-refractivity contribution in [2.45, 2.75) is 65.2 Å². The molecule has 15 heavy (non-hydrogen) atoms. The van der Waals surface area contributed by atoms with Crippen LogP contribution in [0.2, 0.25) is 0 Å². The minimum Gasteiger partial charge on any atom is -0.291 e. The number of unbranched alkanes of at least 4 members (excludes halogenated alkanes) is 3. The van der Waals surface area contributed by atoms with Gasteiger partial charge in [-0.2, -0.15) is 0 Å². The highest BCUT2D eigenvalue weighted by atomic mass is 32.2. The van der Waals surface area contributed by atoms with Crippen LogP contribution in [0.5, 0.6) is 0 Å². The second kappa shape index (κ2) is 12.1. The zero-order valence-corrected chi connectivity index (χ0v) is 11.2. The number of carbonyl (C=O) groups is 1. The monoisotopic (exact) mass is 230 g/mol. The van der Waals surface area contributed by atoms with Gasteiger partial charge in [-0.3, -0.25) is 4.79 Å². The predicted octanol–water partition coefficient (Wildman–Crippen LogP) is 4.69. The molecule has 90 valence electrons. The summed E-state index contributed by atoms with van der Waals surface area (Å²) in [6.07, 6.45) is 10.7. The van der Waals surface area contributed by atoms with Crippen LogP contribution in [0.4, 0.5) is 0 Å². The van der Waals surface area contributed by atoms with Crippen LogP contribution in [-0.4, -0.2) is 11.4 Å². The predicted molar refractivity (Wildman–Crippen MR) is 71.0 cm³/mol. The van der Waals surface area contributed by atoms with Crippen LogP contribution < -0.4 is 0 Å². The zero-order valence-electron chi connectivity index (χ0n) is 10.3. The average Bonchev–Trinajstić information content (AvgIpc) is 2.24. The highest BCUT2D eigenvalue weighted by Gasteiger charge is 2.07. The molecule has 0 radical (unpaired) electrons. The third-order valence-electron chi connectivity index (χ3n) is 2.87. The van der Waals surface area contributed by atoms with Crippen molar-refractivity contribution >= 4 is 17.4 Å². The summed E-state index contributed by atoms with van der Waals surface area (Å²) in [6.45, 7) is 4.51. The number of thioether (sulfide) groups is 1. The Morgan fingerprint density at radius 3 is 2.40 bits per heavy atom. The molecule has 0 amide bonds. The van der Waals surface area contributed by atoms with E-state index in [9.17, 15) is 4.79 Å². The van der Waals surface area contributed by atoms with E-state index >= 15 is 0 Å². The number of rotatable bonds is 11. The van der Waals surface area contributed by atoms with Crippen molar-refractivity contribution < 1.29 is 4.79 Å². The van der Waals surface area contributed by atoms with Crippen molar-refractivity contribution in [1.82, 2.24) is 0 Å². The van der Waals surface area contributed by atoms with Gasteiger partial charge in [-0.25, -0.2) is 0 Å². The topological polar surface area (TPSA) is 17.1 Å². The molecule has 0 aliphatic carbocycles. The van der Waals surface area contributed by atoms with Crippen LogP contribution in [0, 0.1) is 5.92 Å². The van der Waals surface area contributed by atoms with E-state index in [-0.39, 0.29) is 0 Å². The van der Waals surface area contributed by atoms with E-state index in [0.29, 0.717) is 0 Å². The van der Waals surface area contributed by atoms with Gasteiger partial charge in [0.25, 0.3) is 0 Å². The molecule has 0 heterocycles. The summed E-state index contributed by atoms with van der Waals surface area (Å²) in [5, 5.41) is 0. The SMILES string of the molecule is CCCCCCC(CCC)CCSC=O. The Morgan fingerprint density at radius 2 is 1.80 bits per heavy atom. The molecule has 0 spiro atoms. The van der Waals surface area contributed by atoms with Gasteiger partial charge < -0.3 is 0 Å². The molecule has 1 atom stereocenters. The van der Waals surface area contributed by atoms with Gasteiger partial charge in [0.2, 0.25) is 0 Å². The van der Waals surface area contributed by atoms with E-state index in [4.69, 9.17) is 0 Å². The lowest BCUT2D eigenvalue weighted by Crippen LogP contribution is -2.02. The molecule has 0 rings (SSSR count). The highest BCUT2D eigenvalue weighted by Crippen LogP contribution is 2.21. The Labute approximate surface area is 99.4 Å². The van der Waals surface area contributed by atoms with Crippen molar-refractivity contribution in [3.05, 3.63) is 0 Å². The Hall–Kier alpha value is 0.0200. The lowest BCUT2D eigenvalue weighted by Gasteiger charge is -2.14. The van der Waals surface area contributed by atoms with E-state index in [2.05, 4.69) is 13.8 Å². The fourth-order valence-electron chi connectivity index (χ4n) is 1.98. The second-order valence-electron chi connectivity index (χ2n) is 4.26. The van der Waals surface area contributed by atoms with Crippen molar-refractivity contribution in [3.63, 3.8) is 0 Å². The van der Waals surface area contributed by atoms with Crippen LogP contribution in [0.15, 0.2) is 0 Å². The standard InChI is InChI=1S/C13H26OS/c1-3-5-6-7-9-13(8-4-2)10-11-15-12-14/h12-13H,3-11H2,1-2H3. The zero-order chi connectivity index (χ0) is 11.4. The van der Waals surface area contributed by atoms with Gasteiger partial charge in [-0.05, 0) is 12.3 Å². The molecular weight excluding hydrogens is 204 g/mol. The fourth-order valence-corrected chi connectivity index (χ4v) is 2.55. The van der Waals surface area contributed by atoms with Crippen LogP contribution in [0.3, 0.4) is 0 Å². The van der Waals surface area contributed by atoms with Crippen molar-refractivity contribution in [1.29, 1.82) is 0 Å². The molecule has 1 nitrogen and oxygen atoms in total. The molecule has 0 aliphatic rings. The fraction of sp³-hybridized carbons (Fsp3) is 0.923. The number of carbonyl (C=O) groups excluding carboxylic acids is 1. The van der Waals surface area contributed by atoms with E-state index in [1.54, 1.807) is 0 Å². The average molecular weight is 230 g/mol. The molecule has 0 aromatic rings. The molecule has 0 fully saturated rings. The molecule has 0 saturated heterocycles. The number of hydrogen-bond donors (Lipinski definition) is 0. The van der Waals surface area contributed by atoms with Crippen LogP contribution >= 0.6 is 11.8 Å². The molecule has 1 unspecified atom stereocenters. The van der Waals surface area contributed by atoms with Crippen molar-refractivity contribution in [2.24, 2.45) is 5.92 Å². The molecule has 2 heteroatoms. The van der Waals surface area contributed by atoms with Crippen LogP contribution in [0.1, 0.15) is 65.2 Å². The first-order valence-corrected chi connectivity index (χ1v) is 7.45. The Balaban J connectivity index is 3.48. The van der Waals surface area contributed by atoms with E-state index in [1.807, 2.05) is 0 Å². The van der Waals surface area contributed by atoms with Gasteiger partial charge in [0, 0.05) is 5.75 Å². The van der Waals surface area contributed by atoms with Gasteiger partial charge >= 0.3 is 0 Å². The second-order valence-corrected chi connectivity index (χ2v) is 5.19. The normalized spacial score (nSPS) is 12.7. The van der Waals surface area contributed by atoms with Gasteiger partial charge in [0.1, 0.15) is 0 Å². The minimum atomic E-state index is 0.860. The first-order valence-electron chi connectivity index (χ1n) is 6.40. The third-order valence-corrected chi connectivity index (χ3v) is 3.48. The van der Waals surface area contributed by atoms with Gasteiger partial charge in [0.05, 0.1) is 0 Å². The number of hydrogen-bond acceptors (Lipinski definition) is 2. The summed E-state index contributed by atoms with van der Waals surface area (Å²) < 4.78 is 0. The van der Waals surface area contributed by atoms with Gasteiger partial charge in [-0.1, -0.05) is 70.6 Å². The molecule has 0 bridgehead atoms. The first-order chi connectivity index (χ1) is 7.35. The van der Waals surface area contributed by atoms with Crippen LogP contribution in [0.25, 0.3) is 0 Å². The Morgan fingerprint density at radius 1 is 1.00 bits per heavy atom. The molecule has 0 N–H and O–H groups in total. The molecule has 0 aliphatic heterocycles. The maximum atomic E-state index is 10.2. The lowest BCUT2D eigenvalue weighted by molar-refractivity contribution is 0.413. The summed E-state index contributed by atoms with van der Waals surface area (Å²) in [6, 6.07) is 0. The maximum absolute atomic E-state index is 10.2. The molecular formula is C13H26OS. The molecule has 0 aromatic carbocycles. The van der Waals surface area contributed by atoms with Crippen molar-refractivity contribution in [2.75, 3.05) is 5.75 Å². The maximum Gasteiger partial charge on any atom is 0.176 e. The molecule has 0 saturated carbocycles. The highest BCUT2D eigenvalue weighted by molar-refractivity contribution is 8.11. The summed E-state index contributed by atoms with van der Waals surface area (Å²) >= 11 is 1.43. The third kappa shape index (κ3) is 10.3. The first kappa shape index (κ1) is 15.0. The minimum absolute atomic E-state index is 0.860. The van der Waals surface area contributed by atoms with Gasteiger partial charge in [-0.15, -0.1) is 0 Å². The van der Waals surface area contributed by atoms with Crippen molar-refractivity contribution in [3.8, 4) is 0 Å². The molecule has 0 aromatic heterocycles. The summed E-state index contributed by atoms with van der Waals surface area (Å²) in [5.74, 6) is 1.88. The van der Waals surface area contributed by atoms with Crippen LogP contribution in [-0.2, 0) is 4.79 Å². The van der Waals surface area contributed by atoms with E-state index in [1.165, 1.54) is 63.1 Å². The Kier molecular flexibility index (Phi) is 12.1. The Bertz CT molecular complexity index is 136. The summed E-state index contributed by atoms with van der Waals surface area (Å²) in [5.41, 5.74) is 0.972. The van der Waals surface area contributed by atoms with E-state index < -0.39 is 0 Å². The summed E-state index contributed by atoms with van der Waals surface area (Å²) in [4.78, 5) is 10.2. The largest absolute Gasteiger partial charge is 0.291 e. The summed E-state index contributed by atoms with van der Waals surface area (Å²) in [7, 11) is 0. The van der Waals surface area contributed by atoms with E-state index in [0.717, 1.165) is 17.3 Å².